The topological polar surface area (TPSA) is 55.5 Å². The third kappa shape index (κ3) is 3.03. The Morgan fingerprint density at radius 2 is 2.06 bits per heavy atom. The van der Waals surface area contributed by atoms with Gasteiger partial charge >= 0.3 is 0 Å². The monoisotopic (exact) mass is 249 g/mol. The van der Waals surface area contributed by atoms with Crippen LogP contribution in [0.15, 0.2) is 18.2 Å². The normalized spacial score (nSPS) is 19.8. The van der Waals surface area contributed by atoms with E-state index in [1.807, 2.05) is 26.0 Å². The summed E-state index contributed by atoms with van der Waals surface area (Å²) in [5, 5.41) is 10.2. The molecular weight excluding hydrogens is 226 g/mol. The van der Waals surface area contributed by atoms with Crippen LogP contribution in [0, 0.1) is 6.92 Å². The molecule has 3 N–H and O–H groups in total. The molecule has 0 amide bonds. The number of hydrogen-bond acceptors (Lipinski definition) is 3. The van der Waals surface area contributed by atoms with E-state index in [2.05, 4.69) is 6.07 Å². The van der Waals surface area contributed by atoms with Crippen molar-refractivity contribution in [3.05, 3.63) is 29.3 Å². The van der Waals surface area contributed by atoms with Crippen molar-refractivity contribution < 1.29 is 9.84 Å². The van der Waals surface area contributed by atoms with Crippen molar-refractivity contribution in [1.29, 1.82) is 0 Å². The summed E-state index contributed by atoms with van der Waals surface area (Å²) in [6.45, 7) is 4.38. The minimum Gasteiger partial charge on any atom is -0.490 e. The molecule has 0 bridgehead atoms. The highest BCUT2D eigenvalue weighted by Crippen LogP contribution is 2.31. The van der Waals surface area contributed by atoms with Crippen LogP contribution in [0.3, 0.4) is 0 Å². The lowest BCUT2D eigenvalue weighted by Gasteiger charge is -2.23. The van der Waals surface area contributed by atoms with Crippen molar-refractivity contribution in [2.24, 2.45) is 5.73 Å². The Morgan fingerprint density at radius 3 is 2.61 bits per heavy atom. The van der Waals surface area contributed by atoms with E-state index in [0.29, 0.717) is 6.61 Å². The molecule has 2 rings (SSSR count). The van der Waals surface area contributed by atoms with Crippen LogP contribution in [0.25, 0.3) is 0 Å². The van der Waals surface area contributed by atoms with Crippen LogP contribution in [0.5, 0.6) is 5.75 Å². The van der Waals surface area contributed by atoms with Gasteiger partial charge in [0, 0.05) is 6.04 Å². The van der Waals surface area contributed by atoms with E-state index in [1.165, 1.54) is 0 Å². The van der Waals surface area contributed by atoms with Crippen molar-refractivity contribution >= 4 is 0 Å². The van der Waals surface area contributed by atoms with Crippen molar-refractivity contribution in [1.82, 2.24) is 0 Å². The molecule has 3 heteroatoms. The Morgan fingerprint density at radius 1 is 1.39 bits per heavy atom. The second-order valence-corrected chi connectivity index (χ2v) is 5.53. The molecule has 100 valence electrons. The lowest BCUT2D eigenvalue weighted by Crippen LogP contribution is -2.32. The van der Waals surface area contributed by atoms with Crippen molar-refractivity contribution in [2.75, 3.05) is 6.61 Å². The fraction of sp³-hybridized carbons (Fsp3) is 0.600. The Kier molecular flexibility index (Phi) is 3.93. The first kappa shape index (κ1) is 13.4. The summed E-state index contributed by atoms with van der Waals surface area (Å²) in [5.74, 6) is 0.847. The average molecular weight is 249 g/mol. The van der Waals surface area contributed by atoms with Gasteiger partial charge < -0.3 is 15.6 Å². The number of hydrogen-bond donors (Lipinski definition) is 2. The number of nitrogens with two attached hydrogens (primary N) is 1. The molecule has 1 fully saturated rings. The number of aryl methyl sites for hydroxylation is 1. The summed E-state index contributed by atoms with van der Waals surface area (Å²) in [4.78, 5) is 0. The van der Waals surface area contributed by atoms with Crippen molar-refractivity contribution in [3.8, 4) is 5.75 Å². The molecule has 18 heavy (non-hydrogen) atoms. The van der Waals surface area contributed by atoms with Gasteiger partial charge in [0.1, 0.15) is 12.4 Å². The standard InChI is InChI=1S/C15H23NO2/c1-11-9-13(12(2)16)5-6-14(11)18-10-15(17)7-3-4-8-15/h5-6,9,12,17H,3-4,7-8,10,16H2,1-2H3. The predicted octanol–water partition coefficient (Wildman–Crippen LogP) is 2.70. The fourth-order valence-corrected chi connectivity index (χ4v) is 2.51. The zero-order chi connectivity index (χ0) is 13.2. The highest BCUT2D eigenvalue weighted by atomic mass is 16.5. The Labute approximate surface area is 109 Å². The maximum Gasteiger partial charge on any atom is 0.122 e. The summed E-state index contributed by atoms with van der Waals surface area (Å²) >= 11 is 0. The van der Waals surface area contributed by atoms with E-state index in [4.69, 9.17) is 10.5 Å². The van der Waals surface area contributed by atoms with Gasteiger partial charge in [-0.3, -0.25) is 0 Å². The van der Waals surface area contributed by atoms with Crippen LogP contribution in [0.2, 0.25) is 0 Å². The van der Waals surface area contributed by atoms with Gasteiger partial charge in [-0.05, 0) is 43.9 Å². The summed E-state index contributed by atoms with van der Waals surface area (Å²) in [5.41, 5.74) is 7.41. The second kappa shape index (κ2) is 5.29. The molecule has 1 atom stereocenters. The molecule has 0 radical (unpaired) electrons. The van der Waals surface area contributed by atoms with E-state index in [1.54, 1.807) is 0 Å². The van der Waals surface area contributed by atoms with Gasteiger partial charge in [0.05, 0.1) is 5.60 Å². The minimum absolute atomic E-state index is 0.0387. The van der Waals surface area contributed by atoms with Crippen LogP contribution in [-0.2, 0) is 0 Å². The maximum absolute atomic E-state index is 10.2. The summed E-state index contributed by atoms with van der Waals surface area (Å²) in [6.07, 6.45) is 3.90. The van der Waals surface area contributed by atoms with Gasteiger partial charge in [0.25, 0.3) is 0 Å². The van der Waals surface area contributed by atoms with Crippen LogP contribution in [-0.4, -0.2) is 17.3 Å². The third-order valence-electron chi connectivity index (χ3n) is 3.76. The van der Waals surface area contributed by atoms with E-state index >= 15 is 0 Å². The molecule has 0 heterocycles. The summed E-state index contributed by atoms with van der Waals surface area (Å²) < 4.78 is 5.77. The summed E-state index contributed by atoms with van der Waals surface area (Å²) in [6, 6.07) is 6.04. The molecule has 0 saturated heterocycles. The molecule has 0 aliphatic heterocycles. The quantitative estimate of drug-likeness (QED) is 0.862. The maximum atomic E-state index is 10.2. The van der Waals surface area contributed by atoms with Gasteiger partial charge in [-0.1, -0.05) is 25.0 Å². The minimum atomic E-state index is -0.619. The predicted molar refractivity (Wildman–Crippen MR) is 72.7 cm³/mol. The molecule has 0 aromatic heterocycles. The number of rotatable bonds is 4. The Hall–Kier alpha value is -1.06. The van der Waals surface area contributed by atoms with Crippen LogP contribution >= 0.6 is 0 Å². The summed E-state index contributed by atoms with van der Waals surface area (Å²) in [7, 11) is 0. The molecule has 1 aromatic carbocycles. The van der Waals surface area contributed by atoms with Crippen LogP contribution < -0.4 is 10.5 Å². The molecule has 1 aliphatic carbocycles. The van der Waals surface area contributed by atoms with Gasteiger partial charge in [0.2, 0.25) is 0 Å². The Bertz CT molecular complexity index is 409. The second-order valence-electron chi connectivity index (χ2n) is 5.53. The smallest absolute Gasteiger partial charge is 0.122 e. The van der Waals surface area contributed by atoms with E-state index < -0.39 is 5.60 Å². The Balaban J connectivity index is 2.01. The first-order valence-corrected chi connectivity index (χ1v) is 6.71. The number of aliphatic hydroxyl groups is 1. The van der Waals surface area contributed by atoms with Crippen LogP contribution in [0.1, 0.15) is 49.8 Å². The largest absolute Gasteiger partial charge is 0.490 e. The van der Waals surface area contributed by atoms with Crippen molar-refractivity contribution in [3.63, 3.8) is 0 Å². The third-order valence-corrected chi connectivity index (χ3v) is 3.76. The first-order chi connectivity index (χ1) is 8.50. The number of benzene rings is 1. The SMILES string of the molecule is Cc1cc(C(C)N)ccc1OCC1(O)CCCC1. The lowest BCUT2D eigenvalue weighted by atomic mass is 10.0. The van der Waals surface area contributed by atoms with Gasteiger partial charge in [-0.15, -0.1) is 0 Å². The van der Waals surface area contributed by atoms with E-state index in [-0.39, 0.29) is 6.04 Å². The van der Waals surface area contributed by atoms with Crippen molar-refractivity contribution in [2.45, 2.75) is 51.2 Å². The highest BCUT2D eigenvalue weighted by Gasteiger charge is 2.31. The van der Waals surface area contributed by atoms with Gasteiger partial charge in [-0.25, -0.2) is 0 Å². The molecule has 1 saturated carbocycles. The molecule has 1 aromatic rings. The molecule has 1 unspecified atom stereocenters. The lowest BCUT2D eigenvalue weighted by molar-refractivity contribution is 0.00122. The van der Waals surface area contributed by atoms with E-state index in [0.717, 1.165) is 42.6 Å². The number of ether oxygens (including phenoxy) is 1. The first-order valence-electron chi connectivity index (χ1n) is 6.71. The zero-order valence-electron chi connectivity index (χ0n) is 11.3. The van der Waals surface area contributed by atoms with Crippen LogP contribution in [0.4, 0.5) is 0 Å². The van der Waals surface area contributed by atoms with Gasteiger partial charge in [0.15, 0.2) is 0 Å². The zero-order valence-corrected chi connectivity index (χ0v) is 11.3. The molecule has 0 spiro atoms. The fourth-order valence-electron chi connectivity index (χ4n) is 2.51. The molecule has 1 aliphatic rings. The molecule has 3 nitrogen and oxygen atoms in total. The van der Waals surface area contributed by atoms with Gasteiger partial charge in [-0.2, -0.15) is 0 Å². The average Bonchev–Trinajstić information content (AvgIpc) is 2.75. The molecular formula is C15H23NO2. The van der Waals surface area contributed by atoms with E-state index in [9.17, 15) is 5.11 Å². The highest BCUT2D eigenvalue weighted by molar-refractivity contribution is 5.37.